The average molecular weight is 314 g/mol. The standard InChI is InChI=1S/C18H18O5/c1-20-14-8-9-15(21-2)18(22-3)16(14)12-10-23-13-7-5-4-6-11(13)17(12)19/h4-9,12H,10H2,1-3H3/t12-/m0/s1. The van der Waals surface area contributed by atoms with E-state index >= 15 is 0 Å². The number of ketones is 1. The summed E-state index contributed by atoms with van der Waals surface area (Å²) in [6, 6.07) is 10.8. The third-order valence-corrected chi connectivity index (χ3v) is 3.99. The fourth-order valence-corrected chi connectivity index (χ4v) is 2.89. The van der Waals surface area contributed by atoms with Crippen molar-refractivity contribution < 1.29 is 23.7 Å². The highest BCUT2D eigenvalue weighted by Crippen LogP contribution is 2.45. The number of benzene rings is 2. The Bertz CT molecular complexity index is 738. The predicted octanol–water partition coefficient (Wildman–Crippen LogP) is 3.07. The first-order valence-corrected chi connectivity index (χ1v) is 7.26. The van der Waals surface area contributed by atoms with Crippen molar-refractivity contribution in [3.05, 3.63) is 47.5 Å². The van der Waals surface area contributed by atoms with E-state index < -0.39 is 5.92 Å². The van der Waals surface area contributed by atoms with Gasteiger partial charge in [-0.05, 0) is 24.3 Å². The lowest BCUT2D eigenvalue weighted by Gasteiger charge is -2.27. The van der Waals surface area contributed by atoms with Crippen LogP contribution in [0.25, 0.3) is 0 Å². The number of ether oxygens (including phenoxy) is 4. The Labute approximate surface area is 134 Å². The second-order valence-electron chi connectivity index (χ2n) is 5.14. The molecule has 2 aromatic carbocycles. The maximum atomic E-state index is 12.9. The van der Waals surface area contributed by atoms with Gasteiger partial charge in [0.2, 0.25) is 0 Å². The van der Waals surface area contributed by atoms with Crippen LogP contribution < -0.4 is 18.9 Å². The zero-order valence-electron chi connectivity index (χ0n) is 13.3. The Kier molecular flexibility index (Phi) is 4.10. The van der Waals surface area contributed by atoms with Crippen molar-refractivity contribution in [1.29, 1.82) is 0 Å². The highest BCUT2D eigenvalue weighted by Gasteiger charge is 2.35. The molecule has 0 N–H and O–H groups in total. The molecule has 0 amide bonds. The lowest BCUT2D eigenvalue weighted by atomic mass is 9.87. The van der Waals surface area contributed by atoms with Gasteiger partial charge in [-0.2, -0.15) is 0 Å². The molecular weight excluding hydrogens is 296 g/mol. The zero-order chi connectivity index (χ0) is 16.4. The summed E-state index contributed by atoms with van der Waals surface area (Å²) in [4.78, 5) is 12.9. The molecule has 0 aliphatic carbocycles. The molecule has 1 aliphatic heterocycles. The van der Waals surface area contributed by atoms with Gasteiger partial charge < -0.3 is 18.9 Å². The fraction of sp³-hybridized carbons (Fsp3) is 0.278. The van der Waals surface area contributed by atoms with Gasteiger partial charge in [0.05, 0.1) is 38.4 Å². The molecule has 23 heavy (non-hydrogen) atoms. The van der Waals surface area contributed by atoms with E-state index in [2.05, 4.69) is 0 Å². The van der Waals surface area contributed by atoms with Gasteiger partial charge in [0.25, 0.3) is 0 Å². The predicted molar refractivity (Wildman–Crippen MR) is 85.1 cm³/mol. The number of methoxy groups -OCH3 is 3. The van der Waals surface area contributed by atoms with Gasteiger partial charge in [-0.3, -0.25) is 4.79 Å². The van der Waals surface area contributed by atoms with Gasteiger partial charge >= 0.3 is 0 Å². The summed E-state index contributed by atoms with van der Waals surface area (Å²) in [5, 5.41) is 0. The minimum absolute atomic E-state index is 0.0169. The Balaban J connectivity index is 2.14. The Morgan fingerprint density at radius 3 is 2.35 bits per heavy atom. The van der Waals surface area contributed by atoms with Gasteiger partial charge in [-0.15, -0.1) is 0 Å². The van der Waals surface area contributed by atoms with E-state index in [1.54, 1.807) is 45.6 Å². The first kappa shape index (κ1) is 15.2. The summed E-state index contributed by atoms with van der Waals surface area (Å²) in [5.41, 5.74) is 1.21. The molecule has 0 aromatic heterocycles. The molecule has 0 spiro atoms. The summed E-state index contributed by atoms with van der Waals surface area (Å²) in [7, 11) is 4.67. The van der Waals surface area contributed by atoms with Crippen molar-refractivity contribution in [2.75, 3.05) is 27.9 Å². The summed E-state index contributed by atoms with van der Waals surface area (Å²) >= 11 is 0. The van der Waals surface area contributed by atoms with E-state index in [1.807, 2.05) is 12.1 Å². The van der Waals surface area contributed by atoms with Crippen LogP contribution in [-0.4, -0.2) is 33.7 Å². The van der Waals surface area contributed by atoms with Crippen molar-refractivity contribution in [3.8, 4) is 23.0 Å². The van der Waals surface area contributed by atoms with Gasteiger partial charge in [-0.1, -0.05) is 12.1 Å². The molecule has 1 atom stereocenters. The van der Waals surface area contributed by atoms with Gasteiger partial charge in [0, 0.05) is 0 Å². The van der Waals surface area contributed by atoms with E-state index in [0.717, 1.165) is 0 Å². The van der Waals surface area contributed by atoms with Crippen LogP contribution in [0.4, 0.5) is 0 Å². The molecule has 0 saturated carbocycles. The maximum Gasteiger partial charge on any atom is 0.177 e. The van der Waals surface area contributed by atoms with Gasteiger partial charge in [0.1, 0.15) is 18.1 Å². The van der Waals surface area contributed by atoms with E-state index in [-0.39, 0.29) is 12.4 Å². The Hall–Kier alpha value is -2.69. The maximum absolute atomic E-state index is 12.9. The quantitative estimate of drug-likeness (QED) is 0.868. The molecule has 2 aromatic rings. The van der Waals surface area contributed by atoms with E-state index in [9.17, 15) is 4.79 Å². The monoisotopic (exact) mass is 314 g/mol. The van der Waals surface area contributed by atoms with Crippen LogP contribution in [-0.2, 0) is 0 Å². The van der Waals surface area contributed by atoms with Gasteiger partial charge in [-0.25, -0.2) is 0 Å². The summed E-state index contributed by atoms with van der Waals surface area (Å²) in [5.74, 6) is 1.70. The minimum Gasteiger partial charge on any atom is -0.496 e. The number of hydrogen-bond donors (Lipinski definition) is 0. The zero-order valence-corrected chi connectivity index (χ0v) is 13.3. The second-order valence-corrected chi connectivity index (χ2v) is 5.14. The van der Waals surface area contributed by atoms with Crippen molar-refractivity contribution in [2.24, 2.45) is 0 Å². The third kappa shape index (κ3) is 2.48. The number of carbonyl (C=O) groups excluding carboxylic acids is 1. The van der Waals surface area contributed by atoms with Crippen molar-refractivity contribution >= 4 is 5.78 Å². The SMILES string of the molecule is COc1ccc(OC)c([C@@H]2COc3ccccc3C2=O)c1OC. The van der Waals surface area contributed by atoms with Crippen LogP contribution in [0.2, 0.25) is 0 Å². The summed E-state index contributed by atoms with van der Waals surface area (Å²) in [6.45, 7) is 0.232. The molecule has 3 rings (SSSR count). The first-order chi connectivity index (χ1) is 11.2. The molecule has 5 nitrogen and oxygen atoms in total. The van der Waals surface area contributed by atoms with Crippen LogP contribution in [0.3, 0.4) is 0 Å². The molecule has 1 aliphatic rings. The second kappa shape index (κ2) is 6.20. The van der Waals surface area contributed by atoms with E-state index in [4.69, 9.17) is 18.9 Å². The third-order valence-electron chi connectivity index (χ3n) is 3.99. The lowest BCUT2D eigenvalue weighted by Crippen LogP contribution is -2.27. The van der Waals surface area contributed by atoms with Crippen LogP contribution in [0.5, 0.6) is 23.0 Å². The molecular formula is C18H18O5. The number of carbonyl (C=O) groups is 1. The number of Topliss-reactive ketones (excluding diaryl/α,β-unsaturated/α-hetero) is 1. The molecule has 1 heterocycles. The van der Waals surface area contributed by atoms with Crippen LogP contribution in [0.15, 0.2) is 36.4 Å². The molecule has 120 valence electrons. The molecule has 0 fully saturated rings. The van der Waals surface area contributed by atoms with Crippen molar-refractivity contribution in [2.45, 2.75) is 5.92 Å². The molecule has 0 unspecified atom stereocenters. The molecule has 0 radical (unpaired) electrons. The normalized spacial score (nSPS) is 16.3. The first-order valence-electron chi connectivity index (χ1n) is 7.26. The Morgan fingerprint density at radius 2 is 1.65 bits per heavy atom. The van der Waals surface area contributed by atoms with Crippen molar-refractivity contribution in [3.63, 3.8) is 0 Å². The van der Waals surface area contributed by atoms with Gasteiger partial charge in [0.15, 0.2) is 17.3 Å². The fourth-order valence-electron chi connectivity index (χ4n) is 2.89. The number of fused-ring (bicyclic) bond motifs is 1. The van der Waals surface area contributed by atoms with Crippen LogP contribution in [0.1, 0.15) is 21.8 Å². The topological polar surface area (TPSA) is 54.0 Å². The highest BCUT2D eigenvalue weighted by molar-refractivity contribution is 6.05. The Morgan fingerprint density at radius 1 is 0.957 bits per heavy atom. The lowest BCUT2D eigenvalue weighted by molar-refractivity contribution is 0.0892. The smallest absolute Gasteiger partial charge is 0.177 e. The molecule has 5 heteroatoms. The van der Waals surface area contributed by atoms with Crippen molar-refractivity contribution in [1.82, 2.24) is 0 Å². The summed E-state index contributed by atoms with van der Waals surface area (Å²) < 4.78 is 22.0. The van der Waals surface area contributed by atoms with Crippen LogP contribution >= 0.6 is 0 Å². The minimum atomic E-state index is -0.509. The molecule has 0 bridgehead atoms. The van der Waals surface area contributed by atoms with E-state index in [1.165, 1.54) is 0 Å². The number of para-hydroxylation sites is 1. The molecule has 0 saturated heterocycles. The number of rotatable bonds is 4. The largest absolute Gasteiger partial charge is 0.496 e. The number of hydrogen-bond acceptors (Lipinski definition) is 5. The van der Waals surface area contributed by atoms with Crippen LogP contribution in [0, 0.1) is 0 Å². The summed E-state index contributed by atoms with van der Waals surface area (Å²) in [6.07, 6.45) is 0. The van der Waals surface area contributed by atoms with E-state index in [0.29, 0.717) is 34.1 Å². The average Bonchev–Trinajstić information content (AvgIpc) is 2.61. The highest BCUT2D eigenvalue weighted by atomic mass is 16.5.